The number of nitrogens with two attached hydrogens (primary N) is 3. The Balaban J connectivity index is 0. The van der Waals surface area contributed by atoms with Gasteiger partial charge in [0.25, 0.3) is 0 Å². The molecule has 0 aliphatic carbocycles. The molecule has 0 saturated carbocycles. The Bertz CT molecular complexity index is 244. The molecular weight excluding hydrogens is 244 g/mol. The molecule has 0 rings (SSSR count). The van der Waals surface area contributed by atoms with Crippen molar-refractivity contribution in [1.29, 1.82) is 0 Å². The topological polar surface area (TPSA) is 128 Å². The lowest BCUT2D eigenvalue weighted by molar-refractivity contribution is -0.121. The van der Waals surface area contributed by atoms with E-state index in [1.54, 1.807) is 0 Å². The predicted octanol–water partition coefficient (Wildman–Crippen LogP) is -0.133. The van der Waals surface area contributed by atoms with Crippen molar-refractivity contribution in [3.8, 4) is 0 Å². The van der Waals surface area contributed by atoms with Gasteiger partial charge in [-0.3, -0.25) is 4.79 Å². The fourth-order valence-corrected chi connectivity index (χ4v) is 1.44. The molecule has 0 aromatic rings. The standard InChI is InChI=1S/C10H22N4O2.ClH/c1-2-3-4-5-6-7(15)8(9(11)16)14-10(12)13;/h7-8,15H,2-6H2,1H3,(H2,11,16)(H4,12,13,14);1H. The first-order valence-electron chi connectivity index (χ1n) is 5.55. The van der Waals surface area contributed by atoms with Crippen molar-refractivity contribution in [2.24, 2.45) is 22.2 Å². The molecule has 17 heavy (non-hydrogen) atoms. The number of rotatable bonds is 8. The average Bonchev–Trinajstić information content (AvgIpc) is 2.20. The Morgan fingerprint density at radius 3 is 2.24 bits per heavy atom. The van der Waals surface area contributed by atoms with Gasteiger partial charge in [-0.1, -0.05) is 32.6 Å². The van der Waals surface area contributed by atoms with Crippen molar-refractivity contribution in [3.63, 3.8) is 0 Å². The van der Waals surface area contributed by atoms with Gasteiger partial charge in [-0.15, -0.1) is 12.4 Å². The molecule has 0 spiro atoms. The first-order valence-corrected chi connectivity index (χ1v) is 5.55. The molecule has 7 heteroatoms. The van der Waals surface area contributed by atoms with Gasteiger partial charge < -0.3 is 22.3 Å². The molecule has 0 aliphatic rings. The molecule has 0 radical (unpaired) electrons. The number of aliphatic imine (C=N–C) groups is 1. The highest BCUT2D eigenvalue weighted by Gasteiger charge is 2.23. The molecule has 1 amide bonds. The summed E-state index contributed by atoms with van der Waals surface area (Å²) in [6.07, 6.45) is 3.64. The maximum atomic E-state index is 11.0. The number of carbonyl (C=O) groups excluding carboxylic acids is 1. The van der Waals surface area contributed by atoms with E-state index in [0.29, 0.717) is 6.42 Å². The largest absolute Gasteiger partial charge is 0.390 e. The van der Waals surface area contributed by atoms with Gasteiger partial charge in [-0.2, -0.15) is 0 Å². The summed E-state index contributed by atoms with van der Waals surface area (Å²) in [4.78, 5) is 14.6. The molecule has 0 aliphatic heterocycles. The van der Waals surface area contributed by atoms with Crippen LogP contribution in [0.15, 0.2) is 4.99 Å². The van der Waals surface area contributed by atoms with E-state index in [1.807, 2.05) is 0 Å². The first-order chi connectivity index (χ1) is 7.49. The van der Waals surface area contributed by atoms with Crippen LogP contribution in [0, 0.1) is 0 Å². The summed E-state index contributed by atoms with van der Waals surface area (Å²) in [5.41, 5.74) is 15.4. The summed E-state index contributed by atoms with van der Waals surface area (Å²) in [7, 11) is 0. The van der Waals surface area contributed by atoms with Gasteiger partial charge in [0.1, 0.15) is 0 Å². The SMILES string of the molecule is CCCCCCC(O)C(N=C(N)N)C(N)=O.Cl. The van der Waals surface area contributed by atoms with Gasteiger partial charge in [-0.25, -0.2) is 4.99 Å². The van der Waals surface area contributed by atoms with Gasteiger partial charge in [-0.05, 0) is 6.42 Å². The predicted molar refractivity (Wildman–Crippen MR) is 70.8 cm³/mol. The molecule has 0 saturated heterocycles. The zero-order valence-corrected chi connectivity index (χ0v) is 10.9. The van der Waals surface area contributed by atoms with Gasteiger partial charge >= 0.3 is 0 Å². The highest BCUT2D eigenvalue weighted by molar-refractivity contribution is 5.85. The Labute approximate surface area is 108 Å². The summed E-state index contributed by atoms with van der Waals surface area (Å²) < 4.78 is 0. The van der Waals surface area contributed by atoms with Crippen molar-refractivity contribution >= 4 is 24.3 Å². The number of nitrogens with zero attached hydrogens (tertiary/aromatic N) is 1. The minimum Gasteiger partial charge on any atom is -0.390 e. The van der Waals surface area contributed by atoms with E-state index in [0.717, 1.165) is 25.7 Å². The maximum absolute atomic E-state index is 11.0. The molecule has 102 valence electrons. The number of carbonyl (C=O) groups is 1. The monoisotopic (exact) mass is 266 g/mol. The van der Waals surface area contributed by atoms with Crippen molar-refractivity contribution in [1.82, 2.24) is 0 Å². The number of guanidine groups is 1. The first kappa shape index (κ1) is 18.4. The van der Waals surface area contributed by atoms with Crippen LogP contribution < -0.4 is 17.2 Å². The van der Waals surface area contributed by atoms with Crippen molar-refractivity contribution < 1.29 is 9.90 Å². The molecule has 7 N–H and O–H groups in total. The Hall–Kier alpha value is -1.01. The summed E-state index contributed by atoms with van der Waals surface area (Å²) in [6, 6.07) is -1.04. The van der Waals surface area contributed by atoms with Crippen LogP contribution in [0.4, 0.5) is 0 Å². The number of unbranched alkanes of at least 4 members (excludes halogenated alkanes) is 3. The number of amides is 1. The van der Waals surface area contributed by atoms with Crippen LogP contribution in [0.2, 0.25) is 0 Å². The third-order valence-corrected chi connectivity index (χ3v) is 2.30. The molecule has 0 heterocycles. The molecule has 6 nitrogen and oxygen atoms in total. The lowest BCUT2D eigenvalue weighted by atomic mass is 10.0. The number of hydrogen-bond donors (Lipinski definition) is 4. The zero-order chi connectivity index (χ0) is 12.6. The van der Waals surface area contributed by atoms with E-state index in [4.69, 9.17) is 17.2 Å². The molecule has 0 aromatic carbocycles. The highest BCUT2D eigenvalue weighted by Crippen LogP contribution is 2.10. The van der Waals surface area contributed by atoms with E-state index in [1.165, 1.54) is 0 Å². The normalized spacial score (nSPS) is 13.3. The van der Waals surface area contributed by atoms with Crippen LogP contribution in [0.25, 0.3) is 0 Å². The van der Waals surface area contributed by atoms with E-state index in [-0.39, 0.29) is 18.4 Å². The molecule has 0 bridgehead atoms. The zero-order valence-electron chi connectivity index (χ0n) is 10.1. The van der Waals surface area contributed by atoms with Gasteiger partial charge in [0.15, 0.2) is 12.0 Å². The van der Waals surface area contributed by atoms with Gasteiger partial charge in [0.2, 0.25) is 5.91 Å². The average molecular weight is 267 g/mol. The van der Waals surface area contributed by atoms with E-state index < -0.39 is 18.1 Å². The van der Waals surface area contributed by atoms with Gasteiger partial charge in [0, 0.05) is 0 Å². The van der Waals surface area contributed by atoms with E-state index >= 15 is 0 Å². The molecule has 0 aromatic heterocycles. The minimum atomic E-state index is -1.04. The summed E-state index contributed by atoms with van der Waals surface area (Å²) in [6.45, 7) is 2.10. The number of primary amides is 1. The fourth-order valence-electron chi connectivity index (χ4n) is 1.44. The van der Waals surface area contributed by atoms with Crippen LogP contribution in [-0.2, 0) is 4.79 Å². The van der Waals surface area contributed by atoms with Crippen LogP contribution in [0.1, 0.15) is 39.0 Å². The lowest BCUT2D eigenvalue weighted by Gasteiger charge is -2.16. The highest BCUT2D eigenvalue weighted by atomic mass is 35.5. The van der Waals surface area contributed by atoms with Crippen LogP contribution in [0.3, 0.4) is 0 Å². The van der Waals surface area contributed by atoms with E-state index in [2.05, 4.69) is 11.9 Å². The van der Waals surface area contributed by atoms with E-state index in [9.17, 15) is 9.90 Å². The number of halogens is 1. The quantitative estimate of drug-likeness (QED) is 0.277. The minimum absolute atomic E-state index is 0. The number of hydrogen-bond acceptors (Lipinski definition) is 3. The summed E-state index contributed by atoms with van der Waals surface area (Å²) >= 11 is 0. The third-order valence-electron chi connectivity index (χ3n) is 2.30. The van der Waals surface area contributed by atoms with Crippen molar-refractivity contribution in [2.75, 3.05) is 0 Å². The second-order valence-corrected chi connectivity index (χ2v) is 3.82. The van der Waals surface area contributed by atoms with Crippen LogP contribution >= 0.6 is 12.4 Å². The Morgan fingerprint density at radius 1 is 1.24 bits per heavy atom. The van der Waals surface area contributed by atoms with Gasteiger partial charge in [0.05, 0.1) is 6.10 Å². The molecule has 2 unspecified atom stereocenters. The number of aliphatic hydroxyl groups excluding tert-OH is 1. The summed E-state index contributed by atoms with van der Waals surface area (Å²) in [5, 5.41) is 9.71. The van der Waals surface area contributed by atoms with Crippen LogP contribution in [-0.4, -0.2) is 29.1 Å². The smallest absolute Gasteiger partial charge is 0.245 e. The number of aliphatic hydroxyl groups is 1. The summed E-state index contributed by atoms with van der Waals surface area (Å²) in [5.74, 6) is -0.951. The Kier molecular flexibility index (Phi) is 11.0. The second kappa shape index (κ2) is 10.2. The third kappa shape index (κ3) is 8.76. The molecular formula is C10H23ClN4O2. The van der Waals surface area contributed by atoms with Crippen molar-refractivity contribution in [3.05, 3.63) is 0 Å². The van der Waals surface area contributed by atoms with Crippen LogP contribution in [0.5, 0.6) is 0 Å². The second-order valence-electron chi connectivity index (χ2n) is 3.82. The molecule has 2 atom stereocenters. The fraction of sp³-hybridized carbons (Fsp3) is 0.800. The molecule has 0 fully saturated rings. The Morgan fingerprint density at radius 2 is 1.82 bits per heavy atom. The maximum Gasteiger partial charge on any atom is 0.245 e. The van der Waals surface area contributed by atoms with Crippen molar-refractivity contribution in [2.45, 2.75) is 51.2 Å². The lowest BCUT2D eigenvalue weighted by Crippen LogP contribution is -2.40.